The van der Waals surface area contributed by atoms with Crippen molar-refractivity contribution in [1.82, 2.24) is 9.80 Å². The molecular weight excluding hydrogens is 228 g/mol. The topological polar surface area (TPSA) is 43.8 Å². The van der Waals surface area contributed by atoms with Crippen LogP contribution in [-0.2, 0) is 0 Å². The third-order valence-corrected chi connectivity index (χ3v) is 3.72. The highest BCUT2D eigenvalue weighted by Gasteiger charge is 2.34. The number of carbonyl (C=O) groups is 1. The van der Waals surface area contributed by atoms with Crippen molar-refractivity contribution in [3.63, 3.8) is 0 Å². The van der Waals surface area contributed by atoms with Crippen LogP contribution in [-0.4, -0.2) is 47.7 Å². The summed E-state index contributed by atoms with van der Waals surface area (Å²) in [5.41, 5.74) is 3.67. The zero-order valence-electron chi connectivity index (χ0n) is 11.2. The zero-order chi connectivity index (χ0) is 13.3. The van der Waals surface area contributed by atoms with Crippen molar-refractivity contribution in [2.24, 2.45) is 0 Å². The molecule has 2 amide bonds. The van der Waals surface area contributed by atoms with Crippen LogP contribution in [0.1, 0.15) is 22.7 Å². The van der Waals surface area contributed by atoms with Crippen molar-refractivity contribution >= 4 is 6.03 Å². The molecule has 4 heteroatoms. The van der Waals surface area contributed by atoms with Gasteiger partial charge in [-0.25, -0.2) is 4.79 Å². The Morgan fingerprint density at radius 2 is 2.06 bits per heavy atom. The van der Waals surface area contributed by atoms with E-state index in [0.29, 0.717) is 13.1 Å². The first-order valence-corrected chi connectivity index (χ1v) is 6.24. The van der Waals surface area contributed by atoms with Gasteiger partial charge in [-0.3, -0.25) is 0 Å². The van der Waals surface area contributed by atoms with E-state index in [2.05, 4.69) is 32.0 Å². The lowest BCUT2D eigenvalue weighted by atomic mass is 10.0. The Bertz CT molecular complexity index is 459. The fourth-order valence-corrected chi connectivity index (χ4v) is 2.37. The van der Waals surface area contributed by atoms with Gasteiger partial charge in [0.25, 0.3) is 0 Å². The highest BCUT2D eigenvalue weighted by atomic mass is 16.3. The summed E-state index contributed by atoms with van der Waals surface area (Å²) < 4.78 is 0. The van der Waals surface area contributed by atoms with Crippen LogP contribution in [0.25, 0.3) is 0 Å². The van der Waals surface area contributed by atoms with E-state index in [9.17, 15) is 4.79 Å². The molecule has 2 rings (SSSR count). The van der Waals surface area contributed by atoms with Crippen molar-refractivity contribution in [2.75, 3.05) is 26.7 Å². The average molecular weight is 248 g/mol. The Kier molecular flexibility index (Phi) is 3.57. The van der Waals surface area contributed by atoms with Crippen molar-refractivity contribution in [1.29, 1.82) is 0 Å². The van der Waals surface area contributed by atoms with Crippen LogP contribution >= 0.6 is 0 Å². The standard InChI is InChI=1S/C14H20N2O2/c1-10-4-5-12(8-11(10)2)13-9-16(6-7-17)14(18)15(13)3/h4-5,8,13,17H,6-7,9H2,1-3H3. The summed E-state index contributed by atoms with van der Waals surface area (Å²) >= 11 is 0. The molecule has 1 heterocycles. The summed E-state index contributed by atoms with van der Waals surface area (Å²) in [4.78, 5) is 15.4. The largest absolute Gasteiger partial charge is 0.395 e. The molecule has 1 unspecified atom stereocenters. The summed E-state index contributed by atoms with van der Waals surface area (Å²) in [7, 11) is 1.82. The summed E-state index contributed by atoms with van der Waals surface area (Å²) in [6.07, 6.45) is 0. The van der Waals surface area contributed by atoms with Gasteiger partial charge in [0.15, 0.2) is 0 Å². The highest BCUT2D eigenvalue weighted by molar-refractivity contribution is 5.77. The molecule has 0 spiro atoms. The number of hydrogen-bond donors (Lipinski definition) is 1. The van der Waals surface area contributed by atoms with E-state index in [1.54, 1.807) is 9.80 Å². The number of amides is 2. The van der Waals surface area contributed by atoms with E-state index < -0.39 is 0 Å². The Morgan fingerprint density at radius 3 is 2.67 bits per heavy atom. The molecule has 98 valence electrons. The molecule has 0 radical (unpaired) electrons. The molecule has 0 saturated carbocycles. The van der Waals surface area contributed by atoms with E-state index in [4.69, 9.17) is 5.11 Å². The van der Waals surface area contributed by atoms with Crippen LogP contribution < -0.4 is 0 Å². The minimum atomic E-state index is -0.00715. The number of β-amino-alcohol motifs (C(OH)–C–C–N with tert-alkyl or cyclic N) is 1. The van der Waals surface area contributed by atoms with Gasteiger partial charge in [0.1, 0.15) is 0 Å². The number of urea groups is 1. The number of carbonyl (C=O) groups excluding carboxylic acids is 1. The normalized spacial score (nSPS) is 19.8. The number of aliphatic hydroxyl groups excluding tert-OH is 1. The van der Waals surface area contributed by atoms with Gasteiger partial charge < -0.3 is 14.9 Å². The number of benzene rings is 1. The smallest absolute Gasteiger partial charge is 0.320 e. The molecular formula is C14H20N2O2. The maximum absolute atomic E-state index is 12.0. The van der Waals surface area contributed by atoms with Crippen molar-refractivity contribution in [2.45, 2.75) is 19.9 Å². The molecule has 1 N–H and O–H groups in total. The molecule has 1 fully saturated rings. The summed E-state index contributed by atoms with van der Waals surface area (Å²) in [5, 5.41) is 8.96. The van der Waals surface area contributed by atoms with Crippen molar-refractivity contribution in [3.8, 4) is 0 Å². The molecule has 0 aromatic heterocycles. The second-order valence-electron chi connectivity index (χ2n) is 4.92. The summed E-state index contributed by atoms with van der Waals surface area (Å²) in [5.74, 6) is 0. The Labute approximate surface area is 108 Å². The van der Waals surface area contributed by atoms with E-state index in [1.807, 2.05) is 7.05 Å². The van der Waals surface area contributed by atoms with Gasteiger partial charge in [0.2, 0.25) is 0 Å². The molecule has 1 aromatic carbocycles. The van der Waals surface area contributed by atoms with Crippen LogP contribution in [0.3, 0.4) is 0 Å². The Balaban J connectivity index is 2.23. The van der Waals surface area contributed by atoms with Crippen LogP contribution in [0, 0.1) is 13.8 Å². The van der Waals surface area contributed by atoms with Gasteiger partial charge in [0, 0.05) is 20.1 Å². The fraction of sp³-hybridized carbons (Fsp3) is 0.500. The highest BCUT2D eigenvalue weighted by Crippen LogP contribution is 2.28. The van der Waals surface area contributed by atoms with Crippen LogP contribution in [0.4, 0.5) is 4.79 Å². The molecule has 1 saturated heterocycles. The maximum atomic E-state index is 12.0. The second-order valence-corrected chi connectivity index (χ2v) is 4.92. The van der Waals surface area contributed by atoms with E-state index in [0.717, 1.165) is 5.56 Å². The van der Waals surface area contributed by atoms with E-state index in [-0.39, 0.29) is 18.7 Å². The van der Waals surface area contributed by atoms with E-state index in [1.165, 1.54) is 11.1 Å². The van der Waals surface area contributed by atoms with Gasteiger partial charge in [-0.15, -0.1) is 0 Å². The van der Waals surface area contributed by atoms with Gasteiger partial charge in [-0.2, -0.15) is 0 Å². The molecule has 1 aromatic rings. The SMILES string of the molecule is Cc1ccc(C2CN(CCO)C(=O)N2C)cc1C. The third-order valence-electron chi connectivity index (χ3n) is 3.72. The van der Waals surface area contributed by atoms with Crippen molar-refractivity contribution in [3.05, 3.63) is 34.9 Å². The summed E-state index contributed by atoms with van der Waals surface area (Å²) in [6.45, 7) is 5.24. The zero-order valence-corrected chi connectivity index (χ0v) is 11.2. The van der Waals surface area contributed by atoms with Crippen LogP contribution in [0.2, 0.25) is 0 Å². The molecule has 1 aliphatic heterocycles. The maximum Gasteiger partial charge on any atom is 0.320 e. The number of likely N-dealkylation sites (N-methyl/N-ethyl adjacent to an activating group) is 1. The fourth-order valence-electron chi connectivity index (χ4n) is 2.37. The predicted octanol–water partition coefficient (Wildman–Crippen LogP) is 1.70. The molecule has 0 bridgehead atoms. The summed E-state index contributed by atoms with van der Waals surface area (Å²) in [6, 6.07) is 6.40. The Morgan fingerprint density at radius 1 is 1.33 bits per heavy atom. The minimum absolute atomic E-state index is 0.00715. The Hall–Kier alpha value is -1.55. The van der Waals surface area contributed by atoms with Crippen LogP contribution in [0.5, 0.6) is 0 Å². The first kappa shape index (κ1) is 12.9. The quantitative estimate of drug-likeness (QED) is 0.885. The monoisotopic (exact) mass is 248 g/mol. The second kappa shape index (κ2) is 4.98. The first-order valence-electron chi connectivity index (χ1n) is 6.24. The predicted molar refractivity (Wildman–Crippen MR) is 70.5 cm³/mol. The molecule has 1 aliphatic rings. The number of rotatable bonds is 3. The minimum Gasteiger partial charge on any atom is -0.395 e. The third kappa shape index (κ3) is 2.20. The van der Waals surface area contributed by atoms with Gasteiger partial charge in [-0.1, -0.05) is 18.2 Å². The van der Waals surface area contributed by atoms with Crippen molar-refractivity contribution < 1.29 is 9.90 Å². The number of hydrogen-bond acceptors (Lipinski definition) is 2. The lowest BCUT2D eigenvalue weighted by Gasteiger charge is -2.19. The molecule has 18 heavy (non-hydrogen) atoms. The lowest BCUT2D eigenvalue weighted by Crippen LogP contribution is -2.31. The number of aryl methyl sites for hydroxylation is 2. The van der Waals surface area contributed by atoms with Crippen LogP contribution in [0.15, 0.2) is 18.2 Å². The molecule has 4 nitrogen and oxygen atoms in total. The van der Waals surface area contributed by atoms with Gasteiger partial charge in [-0.05, 0) is 30.5 Å². The number of aliphatic hydroxyl groups is 1. The van der Waals surface area contributed by atoms with E-state index >= 15 is 0 Å². The molecule has 1 atom stereocenters. The van der Waals surface area contributed by atoms with Gasteiger partial charge in [0.05, 0.1) is 12.6 Å². The lowest BCUT2D eigenvalue weighted by molar-refractivity contribution is 0.182. The molecule has 0 aliphatic carbocycles. The van der Waals surface area contributed by atoms with Gasteiger partial charge >= 0.3 is 6.03 Å². The first-order chi connectivity index (χ1) is 8.54. The average Bonchev–Trinajstić information content (AvgIpc) is 2.62. The number of nitrogens with zero attached hydrogens (tertiary/aromatic N) is 2.